The molecule has 0 aliphatic rings. The molecule has 0 bridgehead atoms. The molecule has 1 heterocycles. The van der Waals surface area contributed by atoms with Crippen molar-refractivity contribution in [3.63, 3.8) is 0 Å². The summed E-state index contributed by atoms with van der Waals surface area (Å²) in [5.74, 6) is 1.43. The van der Waals surface area contributed by atoms with Crippen LogP contribution in [0.1, 0.15) is 30.4 Å². The van der Waals surface area contributed by atoms with Gasteiger partial charge >= 0.3 is 0 Å². The lowest BCUT2D eigenvalue weighted by Gasteiger charge is -2.13. The van der Waals surface area contributed by atoms with E-state index >= 15 is 0 Å². The van der Waals surface area contributed by atoms with Gasteiger partial charge in [-0.25, -0.2) is 0 Å². The maximum atomic E-state index is 5.31. The van der Waals surface area contributed by atoms with E-state index in [4.69, 9.17) is 4.74 Å². The first-order chi connectivity index (χ1) is 10.8. The van der Waals surface area contributed by atoms with Crippen molar-refractivity contribution in [2.45, 2.75) is 25.7 Å². The standard InChI is InChI=1S/C20H21NO/c1-15(17-7-5-8-19(13-17)22-2)10-11-16-12-18-6-3-4-9-20(18)21-14-16/h3-9,12-15H,10-11H2,1-2H3/t15-/m0/s1. The molecular weight excluding hydrogens is 270 g/mol. The summed E-state index contributed by atoms with van der Waals surface area (Å²) in [5.41, 5.74) is 3.69. The minimum absolute atomic E-state index is 0.501. The fourth-order valence-electron chi connectivity index (χ4n) is 2.75. The molecule has 0 aliphatic heterocycles. The number of benzene rings is 2. The molecule has 0 fully saturated rings. The average Bonchev–Trinajstić information content (AvgIpc) is 2.59. The second-order valence-electron chi connectivity index (χ2n) is 5.75. The van der Waals surface area contributed by atoms with Crippen molar-refractivity contribution in [2.24, 2.45) is 0 Å². The highest BCUT2D eigenvalue weighted by Gasteiger charge is 2.07. The smallest absolute Gasteiger partial charge is 0.119 e. The Hall–Kier alpha value is -2.35. The second kappa shape index (κ2) is 6.61. The first-order valence-electron chi connectivity index (χ1n) is 7.74. The summed E-state index contributed by atoms with van der Waals surface area (Å²) in [7, 11) is 1.71. The minimum Gasteiger partial charge on any atom is -0.497 e. The zero-order valence-electron chi connectivity index (χ0n) is 13.1. The quantitative estimate of drug-likeness (QED) is 0.661. The molecule has 112 valence electrons. The van der Waals surface area contributed by atoms with Crippen molar-refractivity contribution < 1.29 is 4.74 Å². The summed E-state index contributed by atoms with van der Waals surface area (Å²) >= 11 is 0. The molecule has 1 aromatic heterocycles. The van der Waals surface area contributed by atoms with Gasteiger partial charge in [0.15, 0.2) is 0 Å². The predicted octanol–water partition coefficient (Wildman–Crippen LogP) is 4.98. The Morgan fingerprint density at radius 1 is 1.05 bits per heavy atom. The zero-order valence-corrected chi connectivity index (χ0v) is 13.1. The maximum Gasteiger partial charge on any atom is 0.119 e. The Morgan fingerprint density at radius 3 is 2.77 bits per heavy atom. The highest BCUT2D eigenvalue weighted by atomic mass is 16.5. The van der Waals surface area contributed by atoms with Gasteiger partial charge in [0.1, 0.15) is 5.75 Å². The van der Waals surface area contributed by atoms with Crippen molar-refractivity contribution in [1.29, 1.82) is 0 Å². The van der Waals surface area contributed by atoms with Crippen LogP contribution in [0.5, 0.6) is 5.75 Å². The van der Waals surface area contributed by atoms with E-state index in [2.05, 4.69) is 54.4 Å². The van der Waals surface area contributed by atoms with E-state index in [1.165, 1.54) is 16.5 Å². The Labute approximate surface area is 131 Å². The number of rotatable bonds is 5. The number of nitrogens with zero attached hydrogens (tertiary/aromatic N) is 1. The molecule has 3 rings (SSSR count). The van der Waals surface area contributed by atoms with E-state index in [0.717, 1.165) is 24.1 Å². The average molecular weight is 291 g/mol. The van der Waals surface area contributed by atoms with Gasteiger partial charge in [0.05, 0.1) is 12.6 Å². The van der Waals surface area contributed by atoms with Gasteiger partial charge in [-0.3, -0.25) is 4.98 Å². The third kappa shape index (κ3) is 3.28. The van der Waals surface area contributed by atoms with Gasteiger partial charge in [0.2, 0.25) is 0 Å². The minimum atomic E-state index is 0.501. The van der Waals surface area contributed by atoms with Crippen LogP contribution >= 0.6 is 0 Å². The van der Waals surface area contributed by atoms with Crippen LogP contribution in [-0.4, -0.2) is 12.1 Å². The van der Waals surface area contributed by atoms with Crippen LogP contribution in [0.2, 0.25) is 0 Å². The van der Waals surface area contributed by atoms with Crippen molar-refractivity contribution >= 4 is 10.9 Å². The second-order valence-corrected chi connectivity index (χ2v) is 5.75. The molecule has 2 nitrogen and oxygen atoms in total. The lowest BCUT2D eigenvalue weighted by atomic mass is 9.94. The van der Waals surface area contributed by atoms with Crippen molar-refractivity contribution in [3.8, 4) is 5.75 Å². The summed E-state index contributed by atoms with van der Waals surface area (Å²) in [4.78, 5) is 4.54. The number of pyridine rings is 1. The molecule has 1 atom stereocenters. The Morgan fingerprint density at radius 2 is 1.91 bits per heavy atom. The molecular formula is C20H21NO. The summed E-state index contributed by atoms with van der Waals surface area (Å²) in [6.07, 6.45) is 4.14. The predicted molar refractivity (Wildman–Crippen MR) is 91.5 cm³/mol. The van der Waals surface area contributed by atoms with E-state index < -0.39 is 0 Å². The maximum absolute atomic E-state index is 5.31. The normalized spacial score (nSPS) is 12.3. The molecule has 2 aromatic carbocycles. The Balaban J connectivity index is 1.70. The number of ether oxygens (including phenoxy) is 1. The third-order valence-electron chi connectivity index (χ3n) is 4.18. The van der Waals surface area contributed by atoms with E-state index in [0.29, 0.717) is 5.92 Å². The fraction of sp³-hybridized carbons (Fsp3) is 0.250. The van der Waals surface area contributed by atoms with Crippen LogP contribution in [0.4, 0.5) is 0 Å². The molecule has 0 unspecified atom stereocenters. The Bertz CT molecular complexity index is 766. The molecule has 0 aliphatic carbocycles. The summed E-state index contributed by atoms with van der Waals surface area (Å²) in [5, 5.41) is 1.22. The van der Waals surface area contributed by atoms with Crippen LogP contribution in [0, 0.1) is 0 Å². The topological polar surface area (TPSA) is 22.1 Å². The summed E-state index contributed by atoms with van der Waals surface area (Å²) in [6.45, 7) is 2.27. The third-order valence-corrected chi connectivity index (χ3v) is 4.18. The van der Waals surface area contributed by atoms with E-state index in [1.54, 1.807) is 7.11 Å². The van der Waals surface area contributed by atoms with Crippen LogP contribution < -0.4 is 4.74 Å². The van der Waals surface area contributed by atoms with Gasteiger partial charge in [-0.2, -0.15) is 0 Å². The summed E-state index contributed by atoms with van der Waals surface area (Å²) < 4.78 is 5.31. The molecule has 0 saturated carbocycles. The lowest BCUT2D eigenvalue weighted by Crippen LogP contribution is -1.97. The Kier molecular flexibility index (Phi) is 4.38. The van der Waals surface area contributed by atoms with Gasteiger partial charge in [0.25, 0.3) is 0 Å². The fourth-order valence-corrected chi connectivity index (χ4v) is 2.75. The van der Waals surface area contributed by atoms with Crippen LogP contribution in [0.3, 0.4) is 0 Å². The van der Waals surface area contributed by atoms with Crippen LogP contribution in [-0.2, 0) is 6.42 Å². The largest absolute Gasteiger partial charge is 0.497 e. The molecule has 22 heavy (non-hydrogen) atoms. The van der Waals surface area contributed by atoms with E-state index in [9.17, 15) is 0 Å². The molecule has 2 heteroatoms. The molecule has 0 saturated heterocycles. The van der Waals surface area contributed by atoms with E-state index in [1.807, 2.05) is 18.3 Å². The number of fused-ring (bicyclic) bond motifs is 1. The van der Waals surface area contributed by atoms with Gasteiger partial charge in [-0.05, 0) is 54.2 Å². The first kappa shape index (κ1) is 14.6. The number of methoxy groups -OCH3 is 1. The lowest BCUT2D eigenvalue weighted by molar-refractivity contribution is 0.413. The number of aromatic nitrogens is 1. The molecule has 0 N–H and O–H groups in total. The molecule has 0 radical (unpaired) electrons. The first-order valence-corrected chi connectivity index (χ1v) is 7.74. The van der Waals surface area contributed by atoms with Crippen LogP contribution in [0.25, 0.3) is 10.9 Å². The summed E-state index contributed by atoms with van der Waals surface area (Å²) in [6, 6.07) is 18.9. The molecule has 0 spiro atoms. The van der Waals surface area contributed by atoms with Crippen LogP contribution in [0.15, 0.2) is 60.8 Å². The number of aryl methyl sites for hydroxylation is 1. The van der Waals surface area contributed by atoms with Gasteiger partial charge in [-0.15, -0.1) is 0 Å². The number of hydrogen-bond acceptors (Lipinski definition) is 2. The number of para-hydroxylation sites is 1. The van der Waals surface area contributed by atoms with Crippen molar-refractivity contribution in [1.82, 2.24) is 4.98 Å². The zero-order chi connectivity index (χ0) is 15.4. The molecule has 3 aromatic rings. The molecule has 0 amide bonds. The highest BCUT2D eigenvalue weighted by Crippen LogP contribution is 2.25. The highest BCUT2D eigenvalue weighted by molar-refractivity contribution is 5.78. The number of hydrogen-bond donors (Lipinski definition) is 0. The monoisotopic (exact) mass is 291 g/mol. The van der Waals surface area contributed by atoms with Gasteiger partial charge < -0.3 is 4.74 Å². The van der Waals surface area contributed by atoms with Gasteiger partial charge in [0, 0.05) is 11.6 Å². The van der Waals surface area contributed by atoms with E-state index in [-0.39, 0.29) is 0 Å². The SMILES string of the molecule is COc1cccc([C@@H](C)CCc2cnc3ccccc3c2)c1. The van der Waals surface area contributed by atoms with Crippen molar-refractivity contribution in [2.75, 3.05) is 7.11 Å². The van der Waals surface area contributed by atoms with Gasteiger partial charge in [-0.1, -0.05) is 37.3 Å². The van der Waals surface area contributed by atoms with Crippen molar-refractivity contribution in [3.05, 3.63) is 71.9 Å².